The van der Waals surface area contributed by atoms with Crippen LogP contribution in [0.15, 0.2) is 30.5 Å². The number of nitrogen functional groups attached to an aromatic ring is 1. The smallest absolute Gasteiger partial charge is 0.0316 e. The van der Waals surface area contributed by atoms with Crippen molar-refractivity contribution in [3.8, 4) is 0 Å². The zero-order valence-electron chi connectivity index (χ0n) is 7.59. The highest BCUT2D eigenvalue weighted by Gasteiger charge is 2.23. The molecule has 0 aliphatic heterocycles. The highest BCUT2D eigenvalue weighted by Crippen LogP contribution is 2.36. The van der Waals surface area contributed by atoms with Crippen LogP contribution in [0.5, 0.6) is 0 Å². The predicted octanol–water partition coefficient (Wildman–Crippen LogP) is 1.77. The van der Waals surface area contributed by atoms with Gasteiger partial charge in [-0.1, -0.05) is 12.6 Å². The van der Waals surface area contributed by atoms with Crippen molar-refractivity contribution >= 4 is 5.69 Å². The van der Waals surface area contributed by atoms with Crippen LogP contribution >= 0.6 is 0 Å². The monoisotopic (exact) mass is 174 g/mol. The standard InChI is InChI=1S/C11H14N2/c1-7(12)10-4-2-8-6-9(13)3-5-11(8)10/h3,5-6,10H,1-2,4,12-13H2. The molecule has 1 aromatic rings. The third kappa shape index (κ3) is 1.28. The van der Waals surface area contributed by atoms with Crippen molar-refractivity contribution in [3.63, 3.8) is 0 Å². The average Bonchev–Trinajstić information content (AvgIpc) is 2.46. The molecule has 13 heavy (non-hydrogen) atoms. The predicted molar refractivity (Wildman–Crippen MR) is 55.2 cm³/mol. The number of aryl methyl sites for hydroxylation is 1. The van der Waals surface area contributed by atoms with Crippen LogP contribution in [0.4, 0.5) is 5.69 Å². The molecular weight excluding hydrogens is 160 g/mol. The van der Waals surface area contributed by atoms with Crippen LogP contribution in [0.25, 0.3) is 0 Å². The van der Waals surface area contributed by atoms with Gasteiger partial charge in [-0.15, -0.1) is 0 Å². The molecule has 1 aliphatic rings. The molecule has 1 aliphatic carbocycles. The molecule has 0 bridgehead atoms. The molecule has 68 valence electrons. The fourth-order valence-corrected chi connectivity index (χ4v) is 2.02. The third-order valence-electron chi connectivity index (χ3n) is 2.69. The van der Waals surface area contributed by atoms with Gasteiger partial charge >= 0.3 is 0 Å². The summed E-state index contributed by atoms with van der Waals surface area (Å²) in [5.74, 6) is 0.343. The lowest BCUT2D eigenvalue weighted by Crippen LogP contribution is -2.05. The summed E-state index contributed by atoms with van der Waals surface area (Å²) in [7, 11) is 0. The van der Waals surface area contributed by atoms with Crippen molar-refractivity contribution in [2.45, 2.75) is 18.8 Å². The molecule has 0 aromatic heterocycles. The molecular formula is C11H14N2. The van der Waals surface area contributed by atoms with Crippen molar-refractivity contribution in [1.82, 2.24) is 0 Å². The number of fused-ring (bicyclic) bond motifs is 1. The van der Waals surface area contributed by atoms with Gasteiger partial charge in [-0.25, -0.2) is 0 Å². The van der Waals surface area contributed by atoms with Gasteiger partial charge in [-0.05, 0) is 36.1 Å². The van der Waals surface area contributed by atoms with Gasteiger partial charge in [0, 0.05) is 17.3 Å². The fraction of sp³-hybridized carbons (Fsp3) is 0.273. The number of hydrogen-bond donors (Lipinski definition) is 2. The molecule has 1 unspecified atom stereocenters. The summed E-state index contributed by atoms with van der Waals surface area (Å²) in [6, 6.07) is 6.04. The Hall–Kier alpha value is -1.44. The van der Waals surface area contributed by atoms with E-state index in [1.54, 1.807) is 0 Å². The Kier molecular flexibility index (Phi) is 1.76. The molecule has 0 radical (unpaired) electrons. The Labute approximate surface area is 78.2 Å². The minimum Gasteiger partial charge on any atom is -0.402 e. The lowest BCUT2D eigenvalue weighted by molar-refractivity contribution is 0.765. The summed E-state index contributed by atoms with van der Waals surface area (Å²) in [6.07, 6.45) is 2.15. The zero-order chi connectivity index (χ0) is 9.42. The minimum absolute atomic E-state index is 0.343. The largest absolute Gasteiger partial charge is 0.402 e. The van der Waals surface area contributed by atoms with Crippen molar-refractivity contribution < 1.29 is 0 Å². The number of allylic oxidation sites excluding steroid dienone is 1. The molecule has 0 saturated heterocycles. The minimum atomic E-state index is 0.343. The maximum atomic E-state index is 5.72. The number of rotatable bonds is 1. The Balaban J connectivity index is 2.44. The van der Waals surface area contributed by atoms with E-state index < -0.39 is 0 Å². The zero-order valence-corrected chi connectivity index (χ0v) is 7.59. The summed E-state index contributed by atoms with van der Waals surface area (Å²) in [4.78, 5) is 0. The van der Waals surface area contributed by atoms with Crippen LogP contribution in [-0.4, -0.2) is 0 Å². The summed E-state index contributed by atoms with van der Waals surface area (Å²) < 4.78 is 0. The van der Waals surface area contributed by atoms with Crippen LogP contribution < -0.4 is 11.5 Å². The summed E-state index contributed by atoms with van der Waals surface area (Å²) in [5, 5.41) is 0. The van der Waals surface area contributed by atoms with E-state index in [1.807, 2.05) is 12.1 Å². The highest BCUT2D eigenvalue weighted by atomic mass is 14.6. The fourth-order valence-electron chi connectivity index (χ4n) is 2.02. The first-order valence-electron chi connectivity index (χ1n) is 4.51. The van der Waals surface area contributed by atoms with E-state index in [0.29, 0.717) is 5.92 Å². The normalized spacial score (nSPS) is 19.8. The second-order valence-corrected chi connectivity index (χ2v) is 3.62. The first-order chi connectivity index (χ1) is 6.18. The Morgan fingerprint density at radius 1 is 1.46 bits per heavy atom. The van der Waals surface area contributed by atoms with E-state index in [4.69, 9.17) is 11.5 Å². The molecule has 2 heteroatoms. The van der Waals surface area contributed by atoms with Crippen molar-refractivity contribution in [3.05, 3.63) is 41.6 Å². The molecule has 0 spiro atoms. The number of anilines is 1. The lowest BCUT2D eigenvalue weighted by atomic mass is 9.99. The summed E-state index contributed by atoms with van der Waals surface area (Å²) in [6.45, 7) is 3.80. The van der Waals surface area contributed by atoms with Crippen LogP contribution in [0, 0.1) is 0 Å². The average molecular weight is 174 g/mol. The van der Waals surface area contributed by atoms with Gasteiger partial charge in [0.2, 0.25) is 0 Å². The maximum absolute atomic E-state index is 5.72. The summed E-state index contributed by atoms with van der Waals surface area (Å²) in [5.41, 5.74) is 15.7. The van der Waals surface area contributed by atoms with Crippen molar-refractivity contribution in [2.24, 2.45) is 5.73 Å². The van der Waals surface area contributed by atoms with Gasteiger partial charge in [-0.2, -0.15) is 0 Å². The highest BCUT2D eigenvalue weighted by molar-refractivity contribution is 5.49. The van der Waals surface area contributed by atoms with Gasteiger partial charge in [-0.3, -0.25) is 0 Å². The molecule has 4 N–H and O–H groups in total. The second-order valence-electron chi connectivity index (χ2n) is 3.62. The second kappa shape index (κ2) is 2.80. The summed E-state index contributed by atoms with van der Waals surface area (Å²) >= 11 is 0. The molecule has 0 fully saturated rings. The molecule has 0 saturated carbocycles. The Morgan fingerprint density at radius 3 is 2.92 bits per heavy atom. The van der Waals surface area contributed by atoms with E-state index in [1.165, 1.54) is 11.1 Å². The lowest BCUT2D eigenvalue weighted by Gasteiger charge is -2.10. The van der Waals surface area contributed by atoms with Crippen LogP contribution in [0.3, 0.4) is 0 Å². The number of benzene rings is 1. The molecule has 2 rings (SSSR count). The van der Waals surface area contributed by atoms with Crippen LogP contribution in [-0.2, 0) is 6.42 Å². The SMILES string of the molecule is C=C(N)C1CCc2cc(N)ccc21. The Morgan fingerprint density at radius 2 is 2.23 bits per heavy atom. The molecule has 0 heterocycles. The maximum Gasteiger partial charge on any atom is 0.0316 e. The van der Waals surface area contributed by atoms with Gasteiger partial charge < -0.3 is 11.5 Å². The molecule has 2 nitrogen and oxygen atoms in total. The van der Waals surface area contributed by atoms with E-state index in [0.717, 1.165) is 24.2 Å². The van der Waals surface area contributed by atoms with Gasteiger partial charge in [0.15, 0.2) is 0 Å². The molecule has 1 aromatic carbocycles. The van der Waals surface area contributed by atoms with E-state index in [2.05, 4.69) is 12.6 Å². The van der Waals surface area contributed by atoms with Gasteiger partial charge in [0.05, 0.1) is 0 Å². The first-order valence-corrected chi connectivity index (χ1v) is 4.51. The Bertz CT molecular complexity index is 355. The molecule has 0 amide bonds. The van der Waals surface area contributed by atoms with Gasteiger partial charge in [0.25, 0.3) is 0 Å². The van der Waals surface area contributed by atoms with E-state index in [9.17, 15) is 0 Å². The quantitative estimate of drug-likeness (QED) is 0.637. The van der Waals surface area contributed by atoms with Crippen LogP contribution in [0.1, 0.15) is 23.5 Å². The number of hydrogen-bond acceptors (Lipinski definition) is 2. The van der Waals surface area contributed by atoms with Gasteiger partial charge in [0.1, 0.15) is 0 Å². The van der Waals surface area contributed by atoms with E-state index in [-0.39, 0.29) is 0 Å². The van der Waals surface area contributed by atoms with Crippen molar-refractivity contribution in [2.75, 3.05) is 5.73 Å². The third-order valence-corrected chi connectivity index (χ3v) is 2.69. The van der Waals surface area contributed by atoms with E-state index >= 15 is 0 Å². The molecule has 1 atom stereocenters. The van der Waals surface area contributed by atoms with Crippen LogP contribution in [0.2, 0.25) is 0 Å². The first kappa shape index (κ1) is 8.17. The van der Waals surface area contributed by atoms with Crippen molar-refractivity contribution in [1.29, 1.82) is 0 Å². The topological polar surface area (TPSA) is 52.0 Å². The number of nitrogens with two attached hydrogens (primary N) is 2.